The maximum absolute atomic E-state index is 12.3. The van der Waals surface area contributed by atoms with Gasteiger partial charge in [0.15, 0.2) is 5.60 Å². The Kier molecular flexibility index (Phi) is 2.49. The van der Waals surface area contributed by atoms with Crippen LogP contribution in [0.25, 0.3) is 10.9 Å². The number of aryl methyl sites for hydroxylation is 1. The van der Waals surface area contributed by atoms with E-state index in [-0.39, 0.29) is 11.5 Å². The van der Waals surface area contributed by atoms with Crippen LogP contribution in [0.15, 0.2) is 16.9 Å². The number of rotatable bonds is 1. The van der Waals surface area contributed by atoms with Gasteiger partial charge in [-0.25, -0.2) is 4.98 Å². The fraction of sp³-hybridized carbons (Fsp3) is 0.357. The van der Waals surface area contributed by atoms with E-state index >= 15 is 0 Å². The monoisotopic (exact) mass is 273 g/mol. The van der Waals surface area contributed by atoms with Gasteiger partial charge in [-0.1, -0.05) is 0 Å². The molecule has 3 rings (SSSR count). The minimum atomic E-state index is -1.06. The van der Waals surface area contributed by atoms with Crippen molar-refractivity contribution in [2.45, 2.75) is 19.4 Å². The van der Waals surface area contributed by atoms with Gasteiger partial charge < -0.3 is 14.6 Å². The predicted molar refractivity (Wildman–Crippen MR) is 74.9 cm³/mol. The molecule has 6 nitrogen and oxygen atoms in total. The van der Waals surface area contributed by atoms with Crippen molar-refractivity contribution in [1.82, 2.24) is 9.97 Å². The third-order valence-corrected chi connectivity index (χ3v) is 3.94. The summed E-state index contributed by atoms with van der Waals surface area (Å²) in [4.78, 5) is 32.9. The number of carbonyl (C=O) groups is 1. The topological polar surface area (TPSA) is 75.3 Å². The molecule has 0 radical (unpaired) electrons. The molecule has 1 aromatic heterocycles. The molecule has 104 valence electrons. The van der Waals surface area contributed by atoms with E-state index in [1.165, 1.54) is 12.0 Å². The maximum Gasteiger partial charge on any atom is 0.263 e. The molecule has 6 heteroatoms. The van der Waals surface area contributed by atoms with Crippen LogP contribution in [-0.2, 0) is 15.1 Å². The van der Waals surface area contributed by atoms with Crippen LogP contribution in [0.3, 0.4) is 0 Å². The number of anilines is 1. The normalized spacial score (nSPS) is 21.6. The van der Waals surface area contributed by atoms with Gasteiger partial charge in [0, 0.05) is 19.7 Å². The number of aromatic nitrogens is 2. The largest absolute Gasteiger partial charge is 0.364 e. The van der Waals surface area contributed by atoms with Crippen LogP contribution in [0, 0.1) is 6.92 Å². The molecule has 0 spiro atoms. The molecule has 0 fully saturated rings. The summed E-state index contributed by atoms with van der Waals surface area (Å²) in [5.74, 6) is 0.391. The second kappa shape index (κ2) is 3.89. The molecule has 2 heterocycles. The molecule has 1 aliphatic rings. The molecule has 0 saturated carbocycles. The number of hydrogen-bond acceptors (Lipinski definition) is 4. The zero-order valence-corrected chi connectivity index (χ0v) is 11.8. The van der Waals surface area contributed by atoms with E-state index in [2.05, 4.69) is 9.97 Å². The van der Waals surface area contributed by atoms with Crippen LogP contribution >= 0.6 is 0 Å². The molecular formula is C14H15N3O3. The van der Waals surface area contributed by atoms with Crippen LogP contribution in [-0.4, -0.2) is 30.0 Å². The summed E-state index contributed by atoms with van der Waals surface area (Å²) in [6, 6.07) is 3.45. The van der Waals surface area contributed by atoms with Crippen molar-refractivity contribution in [3.63, 3.8) is 0 Å². The predicted octanol–water partition coefficient (Wildman–Crippen LogP) is 1.07. The van der Waals surface area contributed by atoms with E-state index in [9.17, 15) is 9.59 Å². The Labute approximate surface area is 115 Å². The summed E-state index contributed by atoms with van der Waals surface area (Å²) < 4.78 is 5.40. The fourth-order valence-electron chi connectivity index (χ4n) is 2.69. The lowest BCUT2D eigenvalue weighted by atomic mass is 9.96. The lowest BCUT2D eigenvalue weighted by molar-refractivity contribution is -0.137. The van der Waals surface area contributed by atoms with Crippen molar-refractivity contribution < 1.29 is 9.53 Å². The average molecular weight is 273 g/mol. The highest BCUT2D eigenvalue weighted by molar-refractivity contribution is 6.08. The molecule has 1 aromatic carbocycles. The molecule has 0 bridgehead atoms. The Hall–Kier alpha value is -2.21. The molecular weight excluding hydrogens is 258 g/mol. The Balaban J connectivity index is 2.41. The van der Waals surface area contributed by atoms with E-state index in [1.54, 1.807) is 33.0 Å². The van der Waals surface area contributed by atoms with Crippen molar-refractivity contribution in [3.05, 3.63) is 33.9 Å². The number of amides is 1. The van der Waals surface area contributed by atoms with Crippen LogP contribution < -0.4 is 10.5 Å². The SMILES string of the molecule is COC1(C)C(=O)N(C)c2cc3nc(C)[nH]c(=O)c3cc21. The van der Waals surface area contributed by atoms with Gasteiger partial charge >= 0.3 is 0 Å². The number of hydrogen-bond donors (Lipinski definition) is 1. The summed E-state index contributed by atoms with van der Waals surface area (Å²) in [6.07, 6.45) is 0. The van der Waals surface area contributed by atoms with Gasteiger partial charge in [-0.2, -0.15) is 0 Å². The molecule has 1 unspecified atom stereocenters. The van der Waals surface area contributed by atoms with E-state index in [0.29, 0.717) is 22.3 Å². The van der Waals surface area contributed by atoms with Gasteiger partial charge in [0.05, 0.1) is 16.6 Å². The van der Waals surface area contributed by atoms with Crippen molar-refractivity contribution in [2.24, 2.45) is 0 Å². The molecule has 0 saturated heterocycles. The maximum atomic E-state index is 12.3. The van der Waals surface area contributed by atoms with Gasteiger partial charge in [-0.05, 0) is 26.0 Å². The first-order valence-electron chi connectivity index (χ1n) is 6.27. The average Bonchev–Trinajstić information content (AvgIpc) is 2.60. The molecule has 1 aliphatic heterocycles. The zero-order chi connectivity index (χ0) is 14.7. The Morgan fingerprint density at radius 1 is 1.35 bits per heavy atom. The number of H-pyrrole nitrogens is 1. The minimum absolute atomic E-state index is 0.154. The van der Waals surface area contributed by atoms with E-state index in [4.69, 9.17) is 4.74 Å². The van der Waals surface area contributed by atoms with Crippen molar-refractivity contribution >= 4 is 22.5 Å². The second-order valence-electron chi connectivity index (χ2n) is 5.14. The molecule has 20 heavy (non-hydrogen) atoms. The molecule has 1 atom stereocenters. The highest BCUT2D eigenvalue weighted by Gasteiger charge is 2.46. The number of likely N-dealkylation sites (N-methyl/N-ethyl adjacent to an activating group) is 1. The van der Waals surface area contributed by atoms with Crippen LogP contribution in [0.5, 0.6) is 0 Å². The number of fused-ring (bicyclic) bond motifs is 2. The highest BCUT2D eigenvalue weighted by Crippen LogP contribution is 2.42. The number of methoxy groups -OCH3 is 1. The van der Waals surface area contributed by atoms with Gasteiger partial charge in [0.2, 0.25) is 0 Å². The smallest absolute Gasteiger partial charge is 0.263 e. The lowest BCUT2D eigenvalue weighted by Gasteiger charge is -2.21. The lowest BCUT2D eigenvalue weighted by Crippen LogP contribution is -2.37. The van der Waals surface area contributed by atoms with E-state index in [0.717, 1.165) is 5.69 Å². The molecule has 0 aliphatic carbocycles. The quantitative estimate of drug-likeness (QED) is 0.843. The molecule has 2 aromatic rings. The number of benzene rings is 1. The van der Waals surface area contributed by atoms with Gasteiger partial charge in [-0.15, -0.1) is 0 Å². The van der Waals surface area contributed by atoms with Gasteiger partial charge in [0.25, 0.3) is 11.5 Å². The van der Waals surface area contributed by atoms with Crippen molar-refractivity contribution in [3.8, 4) is 0 Å². The summed E-state index contributed by atoms with van der Waals surface area (Å²) in [6.45, 7) is 3.43. The fourth-order valence-corrected chi connectivity index (χ4v) is 2.69. The van der Waals surface area contributed by atoms with Crippen molar-refractivity contribution in [1.29, 1.82) is 0 Å². The number of nitrogens with zero attached hydrogens (tertiary/aromatic N) is 2. The Morgan fingerprint density at radius 2 is 2.05 bits per heavy atom. The first-order chi connectivity index (χ1) is 9.38. The standard InChI is InChI=1S/C14H15N3O3/c1-7-15-10-6-11-9(5-8(10)12(18)16-7)14(2,20-4)13(19)17(11)3/h5-6H,1-4H3,(H,15,16,18). The number of carbonyl (C=O) groups excluding carboxylic acids is 1. The molecule has 1 N–H and O–H groups in total. The van der Waals surface area contributed by atoms with E-state index in [1.807, 2.05) is 0 Å². The highest BCUT2D eigenvalue weighted by atomic mass is 16.5. The third kappa shape index (κ3) is 1.45. The first kappa shape index (κ1) is 12.8. The Bertz CT molecular complexity index is 796. The summed E-state index contributed by atoms with van der Waals surface area (Å²) in [7, 11) is 3.18. The van der Waals surface area contributed by atoms with Gasteiger partial charge in [0.1, 0.15) is 5.82 Å². The third-order valence-electron chi connectivity index (χ3n) is 3.94. The van der Waals surface area contributed by atoms with Crippen LogP contribution in [0.1, 0.15) is 18.3 Å². The summed E-state index contributed by atoms with van der Waals surface area (Å²) >= 11 is 0. The van der Waals surface area contributed by atoms with Crippen molar-refractivity contribution in [2.75, 3.05) is 19.1 Å². The van der Waals surface area contributed by atoms with E-state index < -0.39 is 5.60 Å². The molecule has 1 amide bonds. The number of aromatic amines is 1. The number of ether oxygens (including phenoxy) is 1. The summed E-state index contributed by atoms with van der Waals surface area (Å²) in [5, 5.41) is 0.459. The minimum Gasteiger partial charge on any atom is -0.364 e. The second-order valence-corrected chi connectivity index (χ2v) is 5.14. The van der Waals surface area contributed by atoms with Crippen LogP contribution in [0.2, 0.25) is 0 Å². The Morgan fingerprint density at radius 3 is 2.70 bits per heavy atom. The summed E-state index contributed by atoms with van der Waals surface area (Å²) in [5.41, 5.74) is 0.719. The zero-order valence-electron chi connectivity index (χ0n) is 11.8. The first-order valence-corrected chi connectivity index (χ1v) is 6.27. The van der Waals surface area contributed by atoms with Gasteiger partial charge in [-0.3, -0.25) is 9.59 Å². The van der Waals surface area contributed by atoms with Crippen LogP contribution in [0.4, 0.5) is 5.69 Å². The number of nitrogens with one attached hydrogen (secondary N) is 1.